The molecule has 1 aliphatic heterocycles. The number of hydrogen-bond donors (Lipinski definition) is 0. The van der Waals surface area contributed by atoms with Crippen LogP contribution in [0.4, 0.5) is 0 Å². The highest BCUT2D eigenvalue weighted by Crippen LogP contribution is 2.38. The molecule has 132 valence electrons. The Bertz CT molecular complexity index is 901. The average molecular weight is 402 g/mol. The fraction of sp³-hybridized carbons (Fsp3) is 0.250. The maximum absolute atomic E-state index is 12.4. The quantitative estimate of drug-likeness (QED) is 0.737. The number of benzene rings is 1. The lowest BCUT2D eigenvalue weighted by Crippen LogP contribution is -2.12. The number of rotatable bonds is 3. The summed E-state index contributed by atoms with van der Waals surface area (Å²) in [5, 5.41) is 0.736. The highest BCUT2D eigenvalue weighted by Gasteiger charge is 2.37. The zero-order chi connectivity index (χ0) is 18.3. The van der Waals surface area contributed by atoms with E-state index in [1.54, 1.807) is 22.8 Å². The zero-order valence-electron chi connectivity index (χ0n) is 13.3. The molecule has 2 heterocycles. The fourth-order valence-electron chi connectivity index (χ4n) is 2.92. The Morgan fingerprint density at radius 1 is 1.04 bits per heavy atom. The van der Waals surface area contributed by atoms with Crippen LogP contribution in [0.5, 0.6) is 0 Å². The number of hydrogen-bond acceptors (Lipinski definition) is 5. The third-order valence-electron chi connectivity index (χ3n) is 3.86. The third kappa shape index (κ3) is 3.07. The summed E-state index contributed by atoms with van der Waals surface area (Å²) in [6.45, 7) is 0. The summed E-state index contributed by atoms with van der Waals surface area (Å²) < 4.78 is 23.4. The van der Waals surface area contributed by atoms with Crippen LogP contribution < -0.4 is 0 Å². The number of fused-ring (bicyclic) bond motifs is 1. The number of carbonyl (C=O) groups is 2. The molecule has 0 saturated heterocycles. The van der Waals surface area contributed by atoms with Crippen LogP contribution in [0.3, 0.4) is 0 Å². The number of aromatic nitrogens is 1. The average Bonchev–Trinajstić information content (AvgIpc) is 3.06. The first-order chi connectivity index (χ1) is 11.9. The molecule has 0 bridgehead atoms. The van der Waals surface area contributed by atoms with Gasteiger partial charge in [0.2, 0.25) is 0 Å². The lowest BCUT2D eigenvalue weighted by Gasteiger charge is -2.10. The number of nitrogens with zero attached hydrogens (tertiary/aromatic N) is 1. The summed E-state index contributed by atoms with van der Waals surface area (Å²) in [6.07, 6.45) is 0. The Morgan fingerprint density at radius 2 is 1.60 bits per heavy atom. The van der Waals surface area contributed by atoms with E-state index < -0.39 is 22.7 Å². The van der Waals surface area contributed by atoms with E-state index >= 15 is 0 Å². The van der Waals surface area contributed by atoms with Crippen molar-refractivity contribution in [3.8, 4) is 11.3 Å². The molecule has 6 nitrogen and oxygen atoms in total. The Kier molecular flexibility index (Phi) is 4.90. The van der Waals surface area contributed by atoms with Crippen molar-refractivity contribution in [1.29, 1.82) is 0 Å². The monoisotopic (exact) mass is 401 g/mol. The van der Waals surface area contributed by atoms with Gasteiger partial charge in [0.25, 0.3) is 0 Å². The Labute approximate surface area is 156 Å². The SMILES string of the molecule is COC(=O)c1c(C(=O)OC)c(-c2cc(Cl)cc(Cl)c2)n2c1CS(=O)C2. The molecule has 0 saturated carbocycles. The molecule has 1 atom stereocenters. The van der Waals surface area contributed by atoms with Crippen LogP contribution in [-0.4, -0.2) is 34.9 Å². The maximum Gasteiger partial charge on any atom is 0.340 e. The summed E-state index contributed by atoms with van der Waals surface area (Å²) in [5.74, 6) is -1.10. The second kappa shape index (κ2) is 6.82. The lowest BCUT2D eigenvalue weighted by molar-refractivity contribution is 0.0556. The van der Waals surface area contributed by atoms with Crippen LogP contribution >= 0.6 is 23.2 Å². The molecule has 0 radical (unpaired) electrons. The first-order valence-electron chi connectivity index (χ1n) is 7.10. The van der Waals surface area contributed by atoms with Gasteiger partial charge >= 0.3 is 11.9 Å². The normalized spacial score (nSPS) is 15.8. The highest BCUT2D eigenvalue weighted by atomic mass is 35.5. The Hall–Kier alpha value is -1.83. The van der Waals surface area contributed by atoms with Gasteiger partial charge in [0.15, 0.2) is 0 Å². The molecule has 1 aromatic heterocycles. The summed E-state index contributed by atoms with van der Waals surface area (Å²) in [5.41, 5.74) is 1.49. The molecule has 0 aliphatic carbocycles. The predicted molar refractivity (Wildman–Crippen MR) is 94.4 cm³/mol. The minimum atomic E-state index is -1.20. The van der Waals surface area contributed by atoms with Crippen molar-refractivity contribution in [1.82, 2.24) is 4.57 Å². The minimum Gasteiger partial charge on any atom is -0.465 e. The summed E-state index contributed by atoms with van der Waals surface area (Å²) >= 11 is 12.2. The van der Waals surface area contributed by atoms with E-state index in [0.29, 0.717) is 27.0 Å². The Morgan fingerprint density at radius 3 is 2.16 bits per heavy atom. The van der Waals surface area contributed by atoms with Crippen LogP contribution in [0, 0.1) is 0 Å². The van der Waals surface area contributed by atoms with E-state index in [2.05, 4.69) is 0 Å². The number of methoxy groups -OCH3 is 2. The van der Waals surface area contributed by atoms with Crippen molar-refractivity contribution in [2.75, 3.05) is 14.2 Å². The van der Waals surface area contributed by atoms with Gasteiger partial charge in [0, 0.05) is 32.1 Å². The molecule has 1 aromatic carbocycles. The molecule has 2 aromatic rings. The van der Waals surface area contributed by atoms with E-state index in [-0.39, 0.29) is 22.8 Å². The molecule has 0 N–H and O–H groups in total. The van der Waals surface area contributed by atoms with Gasteiger partial charge in [-0.2, -0.15) is 0 Å². The molecule has 9 heteroatoms. The molecular formula is C16H13Cl2NO5S. The molecule has 3 rings (SSSR count). The van der Waals surface area contributed by atoms with Gasteiger partial charge in [-0.25, -0.2) is 9.59 Å². The number of esters is 2. The second-order valence-corrected chi connectivity index (χ2v) is 7.63. The van der Waals surface area contributed by atoms with Gasteiger partial charge in [-0.1, -0.05) is 23.2 Å². The minimum absolute atomic E-state index is 0.0550. The van der Waals surface area contributed by atoms with Crippen LogP contribution in [0.25, 0.3) is 11.3 Å². The van der Waals surface area contributed by atoms with Gasteiger partial charge in [-0.3, -0.25) is 4.21 Å². The van der Waals surface area contributed by atoms with Crippen molar-refractivity contribution in [2.24, 2.45) is 0 Å². The first-order valence-corrected chi connectivity index (χ1v) is 9.35. The third-order valence-corrected chi connectivity index (χ3v) is 5.43. The smallest absolute Gasteiger partial charge is 0.340 e. The van der Waals surface area contributed by atoms with Crippen LogP contribution in [-0.2, 0) is 31.9 Å². The first kappa shape index (κ1) is 18.0. The standard InChI is InChI=1S/C16H13Cl2NO5S/c1-23-15(20)12-11-6-25(22)7-19(11)14(13(12)16(21)24-2)8-3-9(17)5-10(18)4-8/h3-5H,6-7H2,1-2H3. The van der Waals surface area contributed by atoms with E-state index in [1.165, 1.54) is 14.2 Å². The highest BCUT2D eigenvalue weighted by molar-refractivity contribution is 7.83. The molecule has 25 heavy (non-hydrogen) atoms. The Balaban J connectivity index is 2.39. The summed E-state index contributed by atoms with van der Waals surface area (Å²) in [7, 11) is 1.24. The second-order valence-electron chi connectivity index (χ2n) is 5.33. The molecule has 1 aliphatic rings. The topological polar surface area (TPSA) is 74.6 Å². The van der Waals surface area contributed by atoms with Crippen LogP contribution in [0.2, 0.25) is 10.0 Å². The molecular weight excluding hydrogens is 389 g/mol. The fourth-order valence-corrected chi connectivity index (χ4v) is 4.71. The van der Waals surface area contributed by atoms with E-state index in [0.717, 1.165) is 0 Å². The molecule has 1 unspecified atom stereocenters. The molecule has 0 fully saturated rings. The van der Waals surface area contributed by atoms with Gasteiger partial charge in [-0.05, 0) is 18.2 Å². The van der Waals surface area contributed by atoms with E-state index in [4.69, 9.17) is 32.7 Å². The summed E-state index contributed by atoms with van der Waals surface area (Å²) in [6, 6.07) is 4.78. The van der Waals surface area contributed by atoms with E-state index in [9.17, 15) is 13.8 Å². The van der Waals surface area contributed by atoms with Gasteiger partial charge in [-0.15, -0.1) is 0 Å². The van der Waals surface area contributed by atoms with Crippen molar-refractivity contribution >= 4 is 45.9 Å². The van der Waals surface area contributed by atoms with Crippen molar-refractivity contribution in [2.45, 2.75) is 11.6 Å². The zero-order valence-corrected chi connectivity index (χ0v) is 15.6. The lowest BCUT2D eigenvalue weighted by atomic mass is 10.0. The maximum atomic E-state index is 12.4. The van der Waals surface area contributed by atoms with Gasteiger partial charge in [0.05, 0.1) is 37.1 Å². The predicted octanol–water partition coefficient (Wildman–Crippen LogP) is 3.25. The molecule has 0 amide bonds. The number of carbonyl (C=O) groups excluding carboxylic acids is 2. The van der Waals surface area contributed by atoms with Crippen LogP contribution in [0.1, 0.15) is 26.4 Å². The van der Waals surface area contributed by atoms with Crippen LogP contribution in [0.15, 0.2) is 18.2 Å². The number of halogens is 2. The van der Waals surface area contributed by atoms with Crippen molar-refractivity contribution in [3.63, 3.8) is 0 Å². The number of ether oxygens (including phenoxy) is 2. The van der Waals surface area contributed by atoms with E-state index in [1.807, 2.05) is 0 Å². The van der Waals surface area contributed by atoms with Gasteiger partial charge in [0.1, 0.15) is 5.56 Å². The van der Waals surface area contributed by atoms with Gasteiger partial charge < -0.3 is 14.0 Å². The van der Waals surface area contributed by atoms with Crippen molar-refractivity contribution in [3.05, 3.63) is 45.1 Å². The molecule has 0 spiro atoms. The van der Waals surface area contributed by atoms with Crippen molar-refractivity contribution < 1.29 is 23.3 Å². The summed E-state index contributed by atoms with van der Waals surface area (Å²) in [4.78, 5) is 24.7. The largest absolute Gasteiger partial charge is 0.465 e.